The van der Waals surface area contributed by atoms with Crippen LogP contribution in [0.2, 0.25) is 0 Å². The van der Waals surface area contributed by atoms with E-state index in [1.165, 1.54) is 62.8 Å². The summed E-state index contributed by atoms with van der Waals surface area (Å²) in [4.78, 5) is 51.5. The molecule has 0 aliphatic carbocycles. The van der Waals surface area contributed by atoms with Gasteiger partial charge >= 0.3 is 0 Å². The number of rotatable bonds is 12. The van der Waals surface area contributed by atoms with Crippen molar-refractivity contribution in [2.75, 3.05) is 24.9 Å². The van der Waals surface area contributed by atoms with Crippen LogP contribution in [0.3, 0.4) is 0 Å². The third kappa shape index (κ3) is 8.22. The lowest BCUT2D eigenvalue weighted by molar-refractivity contribution is 0.0992. The van der Waals surface area contributed by atoms with E-state index in [1.54, 1.807) is 73.7 Å². The van der Waals surface area contributed by atoms with E-state index < -0.39 is 35.1 Å². The standard InChI is InChI=1S/C45H36N8O8/c1-23-32(48-44(58)30-19-24-9-4-6-11-28(24)38(40(30)54)52-50-34-21-26(42(46)56)15-17-36(34)60-2)13-8-14-33(23)49-45(59)31-20-25-10-5-7-12-29(25)39(41(31)55)53-51-35-22-27(43(47)57)16-18-37(35)61-3/h4-22,54-55H,1-3H3,(H2,46,56)(H2,47,57)(H,48,58)(H,49,59). The van der Waals surface area contributed by atoms with E-state index in [4.69, 9.17) is 20.9 Å². The molecule has 0 aromatic heterocycles. The van der Waals surface area contributed by atoms with Crippen LogP contribution in [0.1, 0.15) is 47.0 Å². The maximum Gasteiger partial charge on any atom is 0.259 e. The fourth-order valence-corrected chi connectivity index (χ4v) is 6.52. The number of hydrogen-bond acceptors (Lipinski definition) is 12. The van der Waals surface area contributed by atoms with Crippen LogP contribution >= 0.6 is 0 Å². The van der Waals surface area contributed by atoms with Crippen molar-refractivity contribution in [1.82, 2.24) is 0 Å². The van der Waals surface area contributed by atoms with Crippen molar-refractivity contribution in [3.05, 3.63) is 143 Å². The number of primary amides is 2. The molecular weight excluding hydrogens is 781 g/mol. The molecule has 0 unspecified atom stereocenters. The number of anilines is 2. The Morgan fingerprint density at radius 3 is 1.34 bits per heavy atom. The summed E-state index contributed by atoms with van der Waals surface area (Å²) < 4.78 is 10.7. The Bertz CT molecular complexity index is 2800. The fraction of sp³-hybridized carbons (Fsp3) is 0.0667. The van der Waals surface area contributed by atoms with Crippen molar-refractivity contribution in [2.24, 2.45) is 31.9 Å². The molecule has 7 aromatic rings. The predicted molar refractivity (Wildman–Crippen MR) is 230 cm³/mol. The van der Waals surface area contributed by atoms with Gasteiger partial charge in [-0.1, -0.05) is 54.6 Å². The van der Waals surface area contributed by atoms with Gasteiger partial charge in [0.15, 0.2) is 11.5 Å². The number of phenolic OH excluding ortho intramolecular Hbond substituents is 2. The number of aromatic hydroxyl groups is 2. The Morgan fingerprint density at radius 1 is 0.541 bits per heavy atom. The van der Waals surface area contributed by atoms with E-state index in [2.05, 4.69) is 31.1 Å². The van der Waals surface area contributed by atoms with Crippen molar-refractivity contribution < 1.29 is 38.9 Å². The second-order valence-corrected chi connectivity index (χ2v) is 13.5. The van der Waals surface area contributed by atoms with Crippen LogP contribution in [0.25, 0.3) is 21.5 Å². The molecule has 8 N–H and O–H groups in total. The number of nitrogens with one attached hydrogen (secondary N) is 2. The minimum absolute atomic E-state index is 0.0140. The highest BCUT2D eigenvalue weighted by molar-refractivity contribution is 6.14. The lowest BCUT2D eigenvalue weighted by Crippen LogP contribution is -2.16. The number of nitrogens with two attached hydrogens (primary N) is 2. The quantitative estimate of drug-likeness (QED) is 0.0646. The van der Waals surface area contributed by atoms with Crippen LogP contribution in [0, 0.1) is 6.92 Å². The number of fused-ring (bicyclic) bond motifs is 2. The zero-order valence-corrected chi connectivity index (χ0v) is 32.8. The molecule has 0 heterocycles. The van der Waals surface area contributed by atoms with Gasteiger partial charge < -0.3 is 41.8 Å². The first-order chi connectivity index (χ1) is 29.4. The molecular formula is C45H36N8O8. The lowest BCUT2D eigenvalue weighted by Gasteiger charge is -2.16. The molecule has 0 radical (unpaired) electrons. The van der Waals surface area contributed by atoms with Crippen LogP contribution in [0.4, 0.5) is 34.1 Å². The number of carbonyl (C=O) groups excluding carboxylic acids is 4. The SMILES string of the molecule is COc1ccc(C(N)=O)cc1N=Nc1c(O)c(C(=O)Nc2cccc(NC(=O)c3cc4ccccc4c(N=Nc4cc(C(N)=O)ccc4OC)c3O)c2C)cc2ccccc12. The number of nitrogens with zero attached hydrogens (tertiary/aromatic N) is 4. The maximum atomic E-state index is 13.9. The van der Waals surface area contributed by atoms with Gasteiger partial charge in [0.1, 0.15) is 34.2 Å². The highest BCUT2D eigenvalue weighted by Crippen LogP contribution is 2.43. The summed E-state index contributed by atoms with van der Waals surface area (Å²) in [6.45, 7) is 1.67. The molecule has 304 valence electrons. The Labute approximate surface area is 347 Å². The first-order valence-electron chi connectivity index (χ1n) is 18.4. The number of azo groups is 2. The largest absolute Gasteiger partial charge is 0.505 e. The van der Waals surface area contributed by atoms with Gasteiger partial charge in [0.05, 0.1) is 25.3 Å². The smallest absolute Gasteiger partial charge is 0.259 e. The molecule has 0 aliphatic rings. The van der Waals surface area contributed by atoms with Gasteiger partial charge in [-0.25, -0.2) is 0 Å². The number of hydrogen-bond donors (Lipinski definition) is 6. The van der Waals surface area contributed by atoms with Gasteiger partial charge in [-0.05, 0) is 83.9 Å². The Balaban J connectivity index is 1.19. The summed E-state index contributed by atoms with van der Waals surface area (Å²) in [5.74, 6) is -3.10. The second kappa shape index (κ2) is 17.1. The summed E-state index contributed by atoms with van der Waals surface area (Å²) in [7, 11) is 2.84. The maximum absolute atomic E-state index is 13.9. The number of ether oxygens (including phenoxy) is 2. The lowest BCUT2D eigenvalue weighted by atomic mass is 10.0. The second-order valence-electron chi connectivity index (χ2n) is 13.5. The first kappa shape index (κ1) is 40.5. The molecule has 0 spiro atoms. The van der Waals surface area contributed by atoms with Crippen LogP contribution in [-0.2, 0) is 0 Å². The minimum Gasteiger partial charge on any atom is -0.505 e. The summed E-state index contributed by atoms with van der Waals surface area (Å²) in [6, 6.07) is 30.5. The van der Waals surface area contributed by atoms with Crippen LogP contribution in [0.5, 0.6) is 23.0 Å². The molecule has 7 aromatic carbocycles. The normalized spacial score (nSPS) is 11.3. The molecule has 0 saturated heterocycles. The predicted octanol–water partition coefficient (Wildman–Crippen LogP) is 9.26. The van der Waals surface area contributed by atoms with Crippen molar-refractivity contribution >= 4 is 79.3 Å². The molecule has 4 amide bonds. The number of phenols is 2. The summed E-state index contributed by atoms with van der Waals surface area (Å²) in [5, 5.41) is 47.8. The van der Waals surface area contributed by atoms with Crippen molar-refractivity contribution in [3.8, 4) is 23.0 Å². The van der Waals surface area contributed by atoms with Gasteiger partial charge in [-0.3, -0.25) is 19.2 Å². The summed E-state index contributed by atoms with van der Waals surface area (Å²) in [6.07, 6.45) is 0. The van der Waals surface area contributed by atoms with E-state index in [-0.39, 0.29) is 45.0 Å². The highest BCUT2D eigenvalue weighted by Gasteiger charge is 2.22. The molecule has 16 nitrogen and oxygen atoms in total. The average Bonchev–Trinajstić information content (AvgIpc) is 3.26. The van der Waals surface area contributed by atoms with Gasteiger partial charge in [-0.2, -0.15) is 0 Å². The molecule has 7 rings (SSSR count). The third-order valence-corrected chi connectivity index (χ3v) is 9.75. The van der Waals surface area contributed by atoms with E-state index in [0.717, 1.165) is 0 Å². The monoisotopic (exact) mass is 816 g/mol. The van der Waals surface area contributed by atoms with Crippen molar-refractivity contribution in [1.29, 1.82) is 0 Å². The van der Waals surface area contributed by atoms with Gasteiger partial charge in [0, 0.05) is 33.3 Å². The van der Waals surface area contributed by atoms with Gasteiger partial charge in [0.2, 0.25) is 11.8 Å². The molecule has 61 heavy (non-hydrogen) atoms. The van der Waals surface area contributed by atoms with Crippen molar-refractivity contribution in [3.63, 3.8) is 0 Å². The Kier molecular flexibility index (Phi) is 11.3. The molecule has 0 fully saturated rings. The minimum atomic E-state index is -0.695. The first-order valence-corrected chi connectivity index (χ1v) is 18.4. The molecule has 0 saturated carbocycles. The topological polar surface area (TPSA) is 253 Å². The van der Waals surface area contributed by atoms with Gasteiger partial charge in [-0.15, -0.1) is 20.5 Å². The Hall–Kier alpha value is -8.66. The molecule has 0 aliphatic heterocycles. The third-order valence-electron chi connectivity index (χ3n) is 9.75. The van der Waals surface area contributed by atoms with Crippen LogP contribution in [-0.4, -0.2) is 48.1 Å². The summed E-state index contributed by atoms with van der Waals surface area (Å²) in [5.41, 5.74) is 12.3. The van der Waals surface area contributed by atoms with E-state index in [9.17, 15) is 29.4 Å². The molecule has 0 bridgehead atoms. The fourth-order valence-electron chi connectivity index (χ4n) is 6.52. The molecule has 16 heteroatoms. The van der Waals surface area contributed by atoms with E-state index in [0.29, 0.717) is 50.0 Å². The number of carbonyl (C=O) groups is 4. The van der Waals surface area contributed by atoms with Gasteiger partial charge in [0.25, 0.3) is 11.8 Å². The molecule has 0 atom stereocenters. The Morgan fingerprint density at radius 2 is 0.951 bits per heavy atom. The van der Waals surface area contributed by atoms with E-state index in [1.807, 2.05) is 0 Å². The van der Waals surface area contributed by atoms with Crippen LogP contribution < -0.4 is 31.6 Å². The van der Waals surface area contributed by atoms with Crippen LogP contribution in [0.15, 0.2) is 136 Å². The number of benzene rings is 7. The zero-order chi connectivity index (χ0) is 43.4. The average molecular weight is 817 g/mol. The zero-order valence-electron chi connectivity index (χ0n) is 32.8. The summed E-state index contributed by atoms with van der Waals surface area (Å²) >= 11 is 0. The number of methoxy groups -OCH3 is 2. The van der Waals surface area contributed by atoms with E-state index >= 15 is 0 Å². The van der Waals surface area contributed by atoms with Crippen molar-refractivity contribution in [2.45, 2.75) is 6.92 Å². The highest BCUT2D eigenvalue weighted by atomic mass is 16.5. The number of amides is 4.